The van der Waals surface area contributed by atoms with Crippen LogP contribution >= 0.6 is 0 Å². The van der Waals surface area contributed by atoms with Crippen LogP contribution in [0.5, 0.6) is 0 Å². The fraction of sp³-hybridized carbons (Fsp3) is 0.600. The molecule has 0 aromatic heterocycles. The van der Waals surface area contributed by atoms with E-state index in [1.165, 1.54) is 0 Å². The van der Waals surface area contributed by atoms with E-state index in [4.69, 9.17) is 30.6 Å². The molecule has 0 unspecified atom stereocenters. The Morgan fingerprint density at radius 3 is 1.38 bits per heavy atom. The summed E-state index contributed by atoms with van der Waals surface area (Å²) >= 11 is 0. The van der Waals surface area contributed by atoms with Crippen molar-refractivity contribution in [2.45, 2.75) is 38.5 Å². The smallest absolute Gasteiger partial charge is 0.164 e. The minimum Gasteiger partial charge on any atom is -0.367 e. The normalized spacial score (nSPS) is 11.9. The first-order valence-corrected chi connectivity index (χ1v) is 7.70. The van der Waals surface area contributed by atoms with E-state index in [2.05, 4.69) is 16.0 Å². The van der Waals surface area contributed by atoms with E-state index in [9.17, 15) is 0 Å². The number of hydrogen-bond acceptors (Lipinski definition) is 9. The van der Waals surface area contributed by atoms with Crippen molar-refractivity contribution in [2.24, 2.45) is 0 Å². The van der Waals surface area contributed by atoms with Crippen molar-refractivity contribution in [3.63, 3.8) is 0 Å². The molecule has 0 aliphatic heterocycles. The molecule has 1 aromatic rings. The van der Waals surface area contributed by atoms with Gasteiger partial charge in [0, 0.05) is 39.3 Å². The van der Waals surface area contributed by atoms with Crippen molar-refractivity contribution in [1.82, 2.24) is 16.0 Å². The van der Waals surface area contributed by atoms with Crippen molar-refractivity contribution in [3.8, 4) is 0 Å². The van der Waals surface area contributed by atoms with Gasteiger partial charge in [-0.2, -0.15) is 0 Å². The number of hydrogen-bond donors (Lipinski definition) is 9. The summed E-state index contributed by atoms with van der Waals surface area (Å²) in [4.78, 5) is 0. The largest absolute Gasteiger partial charge is 0.367 e. The summed E-state index contributed by atoms with van der Waals surface area (Å²) in [7, 11) is 0. The average molecular weight is 345 g/mol. The summed E-state index contributed by atoms with van der Waals surface area (Å²) in [5.74, 6) is 0. The fourth-order valence-corrected chi connectivity index (χ4v) is 2.24. The van der Waals surface area contributed by atoms with E-state index in [-0.39, 0.29) is 19.6 Å². The van der Waals surface area contributed by atoms with Gasteiger partial charge in [0.15, 0.2) is 18.9 Å². The molecule has 9 N–H and O–H groups in total. The van der Waals surface area contributed by atoms with E-state index >= 15 is 0 Å². The lowest BCUT2D eigenvalue weighted by Crippen LogP contribution is -2.30. The minimum atomic E-state index is -1.45. The molecule has 0 saturated carbocycles. The van der Waals surface area contributed by atoms with Crippen molar-refractivity contribution < 1.29 is 30.6 Å². The van der Waals surface area contributed by atoms with Crippen molar-refractivity contribution in [1.29, 1.82) is 0 Å². The lowest BCUT2D eigenvalue weighted by Gasteiger charge is -2.18. The highest BCUT2D eigenvalue weighted by Gasteiger charge is 2.10. The molecular formula is C15H27N3O6. The van der Waals surface area contributed by atoms with Crippen LogP contribution < -0.4 is 16.0 Å². The molecular weight excluding hydrogens is 318 g/mol. The first kappa shape index (κ1) is 20.9. The molecule has 138 valence electrons. The van der Waals surface area contributed by atoms with Gasteiger partial charge in [0.2, 0.25) is 0 Å². The zero-order chi connectivity index (χ0) is 17.9. The number of nitrogens with one attached hydrogen (secondary N) is 3. The van der Waals surface area contributed by atoms with Gasteiger partial charge in [-0.05, 0) is 16.7 Å². The summed E-state index contributed by atoms with van der Waals surface area (Å²) in [6.07, 6.45) is -4.33. The van der Waals surface area contributed by atoms with Crippen LogP contribution in [-0.2, 0) is 19.6 Å². The van der Waals surface area contributed by atoms with Gasteiger partial charge in [0.1, 0.15) is 0 Å². The molecule has 0 bridgehead atoms. The van der Waals surface area contributed by atoms with Crippen LogP contribution in [0.25, 0.3) is 0 Å². The Hall–Kier alpha value is -1.14. The van der Waals surface area contributed by atoms with Crippen LogP contribution in [0, 0.1) is 0 Å². The van der Waals surface area contributed by atoms with Crippen molar-refractivity contribution in [3.05, 3.63) is 34.9 Å². The quantitative estimate of drug-likeness (QED) is 0.179. The Morgan fingerprint density at radius 2 is 1.00 bits per heavy atom. The van der Waals surface area contributed by atoms with Gasteiger partial charge in [0.25, 0.3) is 0 Å². The van der Waals surface area contributed by atoms with E-state index in [1.54, 1.807) is 0 Å². The molecule has 0 heterocycles. The standard InChI is InChI=1S/C15H27N3O6/c19-13(20)7-16-4-10-2-1-3-11(5-17-8-14(21)22)12(10)6-18-9-15(23)24/h1-3,13-24H,4-9H2. The number of benzene rings is 1. The number of aliphatic hydroxyl groups excluding tert-OH is 3. The van der Waals surface area contributed by atoms with E-state index in [1.807, 2.05) is 18.2 Å². The first-order chi connectivity index (χ1) is 11.4. The highest BCUT2D eigenvalue weighted by atomic mass is 16.5. The van der Waals surface area contributed by atoms with Gasteiger partial charge in [-0.3, -0.25) is 0 Å². The van der Waals surface area contributed by atoms with Gasteiger partial charge < -0.3 is 46.6 Å². The second kappa shape index (κ2) is 11.4. The maximum absolute atomic E-state index is 8.93. The predicted molar refractivity (Wildman–Crippen MR) is 86.2 cm³/mol. The molecule has 24 heavy (non-hydrogen) atoms. The van der Waals surface area contributed by atoms with Crippen LogP contribution in [-0.4, -0.2) is 69.1 Å². The average Bonchev–Trinajstić information content (AvgIpc) is 2.48. The van der Waals surface area contributed by atoms with Crippen molar-refractivity contribution >= 4 is 0 Å². The molecule has 1 aromatic carbocycles. The van der Waals surface area contributed by atoms with Crippen LogP contribution in [0.2, 0.25) is 0 Å². The second-order valence-corrected chi connectivity index (χ2v) is 5.39. The van der Waals surface area contributed by atoms with Crippen molar-refractivity contribution in [2.75, 3.05) is 19.6 Å². The fourth-order valence-electron chi connectivity index (χ4n) is 2.24. The third-order valence-corrected chi connectivity index (χ3v) is 3.28. The summed E-state index contributed by atoms with van der Waals surface area (Å²) in [6, 6.07) is 5.62. The Labute approximate surface area is 140 Å². The Balaban J connectivity index is 2.78. The Bertz CT molecular complexity index is 438. The van der Waals surface area contributed by atoms with Crippen LogP contribution in [0.4, 0.5) is 0 Å². The molecule has 0 aliphatic carbocycles. The van der Waals surface area contributed by atoms with E-state index < -0.39 is 18.9 Å². The SMILES string of the molecule is OC(O)CNCc1cccc(CNCC(O)O)c1CNCC(O)O. The van der Waals surface area contributed by atoms with Crippen LogP contribution in [0.3, 0.4) is 0 Å². The van der Waals surface area contributed by atoms with Crippen LogP contribution in [0.1, 0.15) is 16.7 Å². The summed E-state index contributed by atoms with van der Waals surface area (Å²) < 4.78 is 0. The first-order valence-electron chi connectivity index (χ1n) is 7.70. The van der Waals surface area contributed by atoms with E-state index in [0.29, 0.717) is 19.6 Å². The maximum atomic E-state index is 8.93. The molecule has 0 spiro atoms. The molecule has 0 aliphatic rings. The molecule has 0 atom stereocenters. The highest BCUT2D eigenvalue weighted by Crippen LogP contribution is 2.15. The minimum absolute atomic E-state index is 0.0132. The Morgan fingerprint density at radius 1 is 0.625 bits per heavy atom. The third kappa shape index (κ3) is 8.64. The maximum Gasteiger partial charge on any atom is 0.164 e. The lowest BCUT2D eigenvalue weighted by molar-refractivity contribution is -0.0384. The molecule has 0 saturated heterocycles. The van der Waals surface area contributed by atoms with E-state index in [0.717, 1.165) is 16.7 Å². The number of rotatable bonds is 12. The van der Waals surface area contributed by atoms with Gasteiger partial charge >= 0.3 is 0 Å². The zero-order valence-electron chi connectivity index (χ0n) is 13.4. The molecule has 9 heteroatoms. The lowest BCUT2D eigenvalue weighted by atomic mass is 10.00. The topological polar surface area (TPSA) is 157 Å². The molecule has 0 radical (unpaired) electrons. The van der Waals surface area contributed by atoms with Gasteiger partial charge in [0.05, 0.1) is 0 Å². The van der Waals surface area contributed by atoms with Gasteiger partial charge in [-0.25, -0.2) is 0 Å². The molecule has 0 fully saturated rings. The summed E-state index contributed by atoms with van der Waals surface area (Å²) in [6.45, 7) is 1.28. The monoisotopic (exact) mass is 345 g/mol. The molecule has 0 amide bonds. The predicted octanol–water partition coefficient (Wildman–Crippen LogP) is -3.11. The summed E-state index contributed by atoms with van der Waals surface area (Å²) in [5.41, 5.74) is 2.75. The summed E-state index contributed by atoms with van der Waals surface area (Å²) in [5, 5.41) is 62.2. The second-order valence-electron chi connectivity index (χ2n) is 5.39. The van der Waals surface area contributed by atoms with Gasteiger partial charge in [-0.1, -0.05) is 18.2 Å². The zero-order valence-corrected chi connectivity index (χ0v) is 13.4. The van der Waals surface area contributed by atoms with Crippen LogP contribution in [0.15, 0.2) is 18.2 Å². The Kier molecular flexibility index (Phi) is 9.95. The highest BCUT2D eigenvalue weighted by molar-refractivity contribution is 5.35. The third-order valence-electron chi connectivity index (χ3n) is 3.28. The molecule has 1 rings (SSSR count). The van der Waals surface area contributed by atoms with Gasteiger partial charge in [-0.15, -0.1) is 0 Å². The molecule has 9 nitrogen and oxygen atoms in total. The number of aliphatic hydroxyl groups is 6.